The Morgan fingerprint density at radius 1 is 1.38 bits per heavy atom. The fraction of sp³-hybridized carbons (Fsp3) is 0.583. The van der Waals surface area contributed by atoms with E-state index in [0.717, 1.165) is 17.9 Å². The SMILES string of the molecule is O=C(CSc1ccncn1)C1CCCCC1. The molecule has 3 nitrogen and oxygen atoms in total. The Morgan fingerprint density at radius 2 is 2.19 bits per heavy atom. The molecule has 0 aliphatic heterocycles. The normalized spacial score (nSPS) is 17.2. The molecule has 0 unspecified atom stereocenters. The number of nitrogens with zero attached hydrogens (tertiary/aromatic N) is 2. The Bertz CT molecular complexity index is 336. The molecule has 1 heterocycles. The molecule has 1 aromatic rings. The molecule has 0 N–H and O–H groups in total. The van der Waals surface area contributed by atoms with E-state index in [1.807, 2.05) is 6.07 Å². The predicted octanol–water partition coefficient (Wildman–Crippen LogP) is 2.72. The van der Waals surface area contributed by atoms with E-state index in [1.165, 1.54) is 37.4 Å². The first-order valence-corrected chi connectivity index (χ1v) is 6.76. The minimum absolute atomic E-state index is 0.308. The number of Topliss-reactive ketones (excluding diaryl/α,β-unsaturated/α-hetero) is 1. The number of thioether (sulfide) groups is 1. The van der Waals surface area contributed by atoms with Gasteiger partial charge in [-0.3, -0.25) is 4.79 Å². The summed E-state index contributed by atoms with van der Waals surface area (Å²) >= 11 is 1.52. The maximum Gasteiger partial charge on any atom is 0.146 e. The third-order valence-corrected chi connectivity index (χ3v) is 3.94. The zero-order valence-corrected chi connectivity index (χ0v) is 10.1. The molecule has 0 radical (unpaired) electrons. The van der Waals surface area contributed by atoms with Crippen molar-refractivity contribution in [3.8, 4) is 0 Å². The lowest BCUT2D eigenvalue weighted by Gasteiger charge is -2.19. The van der Waals surface area contributed by atoms with E-state index in [1.54, 1.807) is 6.20 Å². The monoisotopic (exact) mass is 236 g/mol. The number of aromatic nitrogens is 2. The molecule has 1 saturated carbocycles. The Balaban J connectivity index is 1.79. The number of ketones is 1. The molecule has 1 aromatic heterocycles. The van der Waals surface area contributed by atoms with Crippen LogP contribution in [0.3, 0.4) is 0 Å². The minimum atomic E-state index is 0.308. The van der Waals surface area contributed by atoms with Crippen molar-refractivity contribution in [2.45, 2.75) is 37.1 Å². The van der Waals surface area contributed by atoms with Gasteiger partial charge in [0.25, 0.3) is 0 Å². The lowest BCUT2D eigenvalue weighted by atomic mass is 9.87. The molecule has 0 amide bonds. The third-order valence-electron chi connectivity index (χ3n) is 2.98. The molecular formula is C12H16N2OS. The molecule has 1 aliphatic rings. The number of rotatable bonds is 4. The largest absolute Gasteiger partial charge is 0.298 e. The van der Waals surface area contributed by atoms with Crippen molar-refractivity contribution in [3.63, 3.8) is 0 Å². The molecule has 0 saturated heterocycles. The van der Waals surface area contributed by atoms with Crippen LogP contribution in [0.1, 0.15) is 32.1 Å². The van der Waals surface area contributed by atoms with Crippen molar-refractivity contribution in [2.75, 3.05) is 5.75 Å². The summed E-state index contributed by atoms with van der Waals surface area (Å²) < 4.78 is 0. The van der Waals surface area contributed by atoms with Crippen molar-refractivity contribution in [1.82, 2.24) is 9.97 Å². The molecule has 0 atom stereocenters. The van der Waals surface area contributed by atoms with Crippen molar-refractivity contribution < 1.29 is 4.79 Å². The molecule has 0 aromatic carbocycles. The van der Waals surface area contributed by atoms with Gasteiger partial charge in [-0.1, -0.05) is 31.0 Å². The van der Waals surface area contributed by atoms with Gasteiger partial charge in [-0.15, -0.1) is 0 Å². The molecule has 2 rings (SSSR count). The quantitative estimate of drug-likeness (QED) is 0.595. The van der Waals surface area contributed by atoms with Gasteiger partial charge in [-0.2, -0.15) is 0 Å². The van der Waals surface area contributed by atoms with E-state index in [4.69, 9.17) is 0 Å². The third kappa shape index (κ3) is 3.30. The number of carbonyl (C=O) groups is 1. The van der Waals surface area contributed by atoms with Crippen molar-refractivity contribution in [2.24, 2.45) is 5.92 Å². The Kier molecular flexibility index (Phi) is 4.34. The second kappa shape index (κ2) is 5.99. The summed E-state index contributed by atoms with van der Waals surface area (Å²) in [4.78, 5) is 19.9. The fourth-order valence-electron chi connectivity index (χ4n) is 2.05. The molecule has 86 valence electrons. The van der Waals surface area contributed by atoms with Gasteiger partial charge in [-0.25, -0.2) is 9.97 Å². The molecule has 16 heavy (non-hydrogen) atoms. The van der Waals surface area contributed by atoms with Gasteiger partial charge in [-0.05, 0) is 18.9 Å². The first-order valence-electron chi connectivity index (χ1n) is 5.78. The second-order valence-electron chi connectivity index (χ2n) is 4.14. The van der Waals surface area contributed by atoms with E-state index < -0.39 is 0 Å². The average molecular weight is 236 g/mol. The predicted molar refractivity (Wildman–Crippen MR) is 64.3 cm³/mol. The van der Waals surface area contributed by atoms with Crippen LogP contribution < -0.4 is 0 Å². The zero-order chi connectivity index (χ0) is 11.2. The molecule has 4 heteroatoms. The van der Waals surface area contributed by atoms with Crippen molar-refractivity contribution >= 4 is 17.5 Å². The van der Waals surface area contributed by atoms with E-state index in [2.05, 4.69) is 9.97 Å². The van der Waals surface area contributed by atoms with Crippen LogP contribution >= 0.6 is 11.8 Å². The molecule has 1 aliphatic carbocycles. The molecule has 0 spiro atoms. The van der Waals surface area contributed by atoms with Crippen molar-refractivity contribution in [1.29, 1.82) is 0 Å². The lowest BCUT2D eigenvalue weighted by Crippen LogP contribution is -2.19. The standard InChI is InChI=1S/C12H16N2OS/c15-11(10-4-2-1-3-5-10)8-16-12-6-7-13-9-14-12/h6-7,9-10H,1-5,8H2. The summed E-state index contributed by atoms with van der Waals surface area (Å²) in [6.07, 6.45) is 9.13. The summed E-state index contributed by atoms with van der Waals surface area (Å²) in [5, 5.41) is 0.888. The topological polar surface area (TPSA) is 42.9 Å². The highest BCUT2D eigenvalue weighted by atomic mass is 32.2. The van der Waals surface area contributed by atoms with Crippen LogP contribution in [0.15, 0.2) is 23.6 Å². The number of hydrogen-bond donors (Lipinski definition) is 0. The van der Waals surface area contributed by atoms with Crippen molar-refractivity contribution in [3.05, 3.63) is 18.6 Å². The van der Waals surface area contributed by atoms with Gasteiger partial charge in [0.05, 0.1) is 10.8 Å². The van der Waals surface area contributed by atoms with Crippen LogP contribution in [0, 0.1) is 5.92 Å². The van der Waals surface area contributed by atoms with Gasteiger partial charge in [0, 0.05) is 12.1 Å². The Morgan fingerprint density at radius 3 is 2.88 bits per heavy atom. The lowest BCUT2D eigenvalue weighted by molar-refractivity contribution is -0.121. The van der Waals surface area contributed by atoms with Crippen LogP contribution in [0.25, 0.3) is 0 Å². The molecule has 0 bridgehead atoms. The smallest absolute Gasteiger partial charge is 0.146 e. The summed E-state index contributed by atoms with van der Waals surface area (Å²) in [7, 11) is 0. The van der Waals surface area contributed by atoms with Crippen LogP contribution in [0.5, 0.6) is 0 Å². The van der Waals surface area contributed by atoms with E-state index in [9.17, 15) is 4.79 Å². The van der Waals surface area contributed by atoms with E-state index in [0.29, 0.717) is 17.5 Å². The first kappa shape index (κ1) is 11.6. The number of carbonyl (C=O) groups excluding carboxylic acids is 1. The van der Waals surface area contributed by atoms with Crippen LogP contribution in [-0.2, 0) is 4.79 Å². The Hall–Kier alpha value is -0.900. The van der Waals surface area contributed by atoms with Crippen LogP contribution in [0.4, 0.5) is 0 Å². The highest BCUT2D eigenvalue weighted by Crippen LogP contribution is 2.26. The van der Waals surface area contributed by atoms with Gasteiger partial charge in [0.15, 0.2) is 0 Å². The van der Waals surface area contributed by atoms with E-state index >= 15 is 0 Å². The second-order valence-corrected chi connectivity index (χ2v) is 5.13. The number of hydrogen-bond acceptors (Lipinski definition) is 4. The van der Waals surface area contributed by atoms with Gasteiger partial charge in [0.1, 0.15) is 12.1 Å². The summed E-state index contributed by atoms with van der Waals surface area (Å²) in [5.41, 5.74) is 0. The molecule has 1 fully saturated rings. The highest BCUT2D eigenvalue weighted by Gasteiger charge is 2.20. The zero-order valence-electron chi connectivity index (χ0n) is 9.26. The summed E-state index contributed by atoms with van der Waals surface area (Å²) in [6.45, 7) is 0. The van der Waals surface area contributed by atoms with Gasteiger partial charge in [0.2, 0.25) is 0 Å². The van der Waals surface area contributed by atoms with Gasteiger partial charge < -0.3 is 0 Å². The summed E-state index contributed by atoms with van der Waals surface area (Å²) in [6, 6.07) is 1.85. The van der Waals surface area contributed by atoms with E-state index in [-0.39, 0.29) is 0 Å². The van der Waals surface area contributed by atoms with Crippen LogP contribution in [-0.4, -0.2) is 21.5 Å². The maximum absolute atomic E-state index is 11.9. The van der Waals surface area contributed by atoms with Gasteiger partial charge >= 0.3 is 0 Å². The minimum Gasteiger partial charge on any atom is -0.298 e. The fourth-order valence-corrected chi connectivity index (χ4v) is 2.86. The first-order chi connectivity index (χ1) is 7.86. The van der Waals surface area contributed by atoms with Crippen LogP contribution in [0.2, 0.25) is 0 Å². The molecular weight excluding hydrogens is 220 g/mol. The highest BCUT2D eigenvalue weighted by molar-refractivity contribution is 7.99. The Labute approximate surface area is 100 Å². The maximum atomic E-state index is 11.9. The summed E-state index contributed by atoms with van der Waals surface area (Å²) in [5.74, 6) is 1.26. The average Bonchev–Trinajstić information content (AvgIpc) is 2.38.